The first-order valence-electron chi connectivity index (χ1n) is 8.20. The number of fused-ring (bicyclic) bond motifs is 1. The van der Waals surface area contributed by atoms with Crippen LogP contribution >= 0.6 is 22.6 Å². The summed E-state index contributed by atoms with van der Waals surface area (Å²) in [5, 5.41) is 25.7. The van der Waals surface area contributed by atoms with E-state index in [-0.39, 0.29) is 17.1 Å². The second-order valence-corrected chi connectivity index (χ2v) is 6.86. The van der Waals surface area contributed by atoms with Gasteiger partial charge in [0, 0.05) is 0 Å². The van der Waals surface area contributed by atoms with E-state index >= 15 is 0 Å². The Bertz CT molecular complexity index is 1030. The summed E-state index contributed by atoms with van der Waals surface area (Å²) < 4.78 is 5.98. The normalized spacial score (nSPS) is 11.0. The highest BCUT2D eigenvalue weighted by molar-refractivity contribution is 14.1. The molecule has 0 aliphatic heterocycles. The summed E-state index contributed by atoms with van der Waals surface area (Å²) in [6.45, 7) is 2.24. The van der Waals surface area contributed by atoms with Crippen molar-refractivity contribution in [3.63, 3.8) is 0 Å². The fourth-order valence-corrected chi connectivity index (χ4v) is 3.20. The summed E-state index contributed by atoms with van der Waals surface area (Å²) >= 11 is 1.99. The third-order valence-electron chi connectivity index (χ3n) is 3.84. The van der Waals surface area contributed by atoms with Gasteiger partial charge in [-0.25, -0.2) is 5.43 Å². The van der Waals surface area contributed by atoms with Crippen molar-refractivity contribution in [2.75, 3.05) is 6.61 Å². The number of hydrogen-bond donors (Lipinski definition) is 3. The number of hydrazone groups is 1. The molecule has 7 heteroatoms. The molecule has 0 atom stereocenters. The lowest BCUT2D eigenvalue weighted by atomic mass is 10.1. The third-order valence-corrected chi connectivity index (χ3v) is 4.66. The van der Waals surface area contributed by atoms with E-state index in [1.54, 1.807) is 24.3 Å². The zero-order chi connectivity index (χ0) is 19.4. The maximum absolute atomic E-state index is 12.3. The van der Waals surface area contributed by atoms with Crippen LogP contribution in [0.4, 0.5) is 0 Å². The van der Waals surface area contributed by atoms with Gasteiger partial charge >= 0.3 is 0 Å². The predicted octanol–water partition coefficient (Wildman–Crippen LogP) is 4.02. The molecule has 1 amide bonds. The minimum Gasteiger partial charge on any atom is -0.507 e. The molecule has 6 nitrogen and oxygen atoms in total. The largest absolute Gasteiger partial charge is 0.507 e. The number of halogens is 1. The number of aromatic hydroxyl groups is 2. The Morgan fingerprint density at radius 2 is 1.89 bits per heavy atom. The number of ether oxygens (including phenoxy) is 1. The number of amides is 1. The SMILES string of the molecule is CCOc1cc(C=NNC(=O)c2cc3ccccc3cc2O)cc(I)c1O. The molecule has 3 rings (SSSR count). The smallest absolute Gasteiger partial charge is 0.275 e. The first kappa shape index (κ1) is 19.0. The van der Waals surface area contributed by atoms with Crippen molar-refractivity contribution in [2.24, 2.45) is 5.10 Å². The molecule has 0 aromatic heterocycles. The third kappa shape index (κ3) is 4.30. The average molecular weight is 476 g/mol. The topological polar surface area (TPSA) is 91.2 Å². The highest BCUT2D eigenvalue weighted by Gasteiger charge is 2.12. The van der Waals surface area contributed by atoms with E-state index in [1.165, 1.54) is 6.21 Å². The van der Waals surface area contributed by atoms with Crippen LogP contribution in [0, 0.1) is 3.57 Å². The number of carbonyl (C=O) groups excluding carboxylic acids is 1. The van der Waals surface area contributed by atoms with E-state index in [2.05, 4.69) is 10.5 Å². The Kier molecular flexibility index (Phi) is 5.80. The van der Waals surface area contributed by atoms with Gasteiger partial charge in [0.25, 0.3) is 5.91 Å². The summed E-state index contributed by atoms with van der Waals surface area (Å²) in [4.78, 5) is 12.3. The maximum Gasteiger partial charge on any atom is 0.275 e. The van der Waals surface area contributed by atoms with Crippen molar-refractivity contribution in [3.8, 4) is 17.2 Å². The molecule has 3 N–H and O–H groups in total. The maximum atomic E-state index is 12.3. The number of nitrogens with zero attached hydrogens (tertiary/aromatic N) is 1. The van der Waals surface area contributed by atoms with Gasteiger partial charge in [0.2, 0.25) is 0 Å². The summed E-state index contributed by atoms with van der Waals surface area (Å²) in [6.07, 6.45) is 1.44. The number of phenols is 2. The van der Waals surface area contributed by atoms with Gasteiger partial charge in [0.05, 0.1) is 22.0 Å². The van der Waals surface area contributed by atoms with Gasteiger partial charge in [-0.05, 0) is 70.1 Å². The van der Waals surface area contributed by atoms with Gasteiger partial charge in [-0.1, -0.05) is 24.3 Å². The molecule has 0 radical (unpaired) electrons. The molecule has 0 aliphatic rings. The van der Waals surface area contributed by atoms with E-state index in [4.69, 9.17) is 4.74 Å². The van der Waals surface area contributed by atoms with Crippen LogP contribution in [0.1, 0.15) is 22.8 Å². The quantitative estimate of drug-likeness (QED) is 0.295. The first-order chi connectivity index (χ1) is 13.0. The molecule has 0 unspecified atom stereocenters. The van der Waals surface area contributed by atoms with Crippen molar-refractivity contribution < 1.29 is 19.7 Å². The van der Waals surface area contributed by atoms with Crippen molar-refractivity contribution in [2.45, 2.75) is 6.92 Å². The Morgan fingerprint density at radius 1 is 1.19 bits per heavy atom. The molecule has 0 saturated heterocycles. The molecule has 0 fully saturated rings. The Labute approximate surface area is 169 Å². The Balaban J connectivity index is 1.79. The summed E-state index contributed by atoms with van der Waals surface area (Å²) in [6, 6.07) is 13.9. The molecule has 0 bridgehead atoms. The molecule has 0 aliphatic carbocycles. The van der Waals surface area contributed by atoms with E-state index in [0.29, 0.717) is 21.5 Å². The highest BCUT2D eigenvalue weighted by atomic mass is 127. The lowest BCUT2D eigenvalue weighted by molar-refractivity contribution is 0.0952. The second kappa shape index (κ2) is 8.26. The monoisotopic (exact) mass is 476 g/mol. The predicted molar refractivity (Wildman–Crippen MR) is 113 cm³/mol. The molecule has 3 aromatic rings. The van der Waals surface area contributed by atoms with Crippen LogP contribution < -0.4 is 10.2 Å². The van der Waals surface area contributed by atoms with Gasteiger partial charge in [0.1, 0.15) is 5.75 Å². The van der Waals surface area contributed by atoms with Crippen molar-refractivity contribution >= 4 is 45.5 Å². The van der Waals surface area contributed by atoms with E-state index in [0.717, 1.165) is 10.8 Å². The molecule has 0 spiro atoms. The summed E-state index contributed by atoms with van der Waals surface area (Å²) in [5.74, 6) is -0.212. The minimum absolute atomic E-state index is 0.0692. The fourth-order valence-electron chi connectivity index (χ4n) is 2.57. The standard InChI is InChI=1S/C20H17IN2O4/c1-2-27-18-8-12(7-16(21)19(18)25)11-22-23-20(26)15-9-13-5-3-4-6-14(13)10-17(15)24/h3-11,24-25H,2H2,1H3,(H,23,26). The average Bonchev–Trinajstić information content (AvgIpc) is 2.65. The minimum atomic E-state index is -0.520. The second-order valence-electron chi connectivity index (χ2n) is 5.70. The number of carbonyl (C=O) groups is 1. The van der Waals surface area contributed by atoms with E-state index < -0.39 is 5.91 Å². The van der Waals surface area contributed by atoms with Crippen molar-refractivity contribution in [1.29, 1.82) is 0 Å². The number of nitrogens with one attached hydrogen (secondary N) is 1. The van der Waals surface area contributed by atoms with Gasteiger partial charge in [-0.3, -0.25) is 4.79 Å². The van der Waals surface area contributed by atoms with Gasteiger partial charge in [-0.15, -0.1) is 0 Å². The van der Waals surface area contributed by atoms with E-state index in [9.17, 15) is 15.0 Å². The lowest BCUT2D eigenvalue weighted by Gasteiger charge is -2.08. The Hall–Kier alpha value is -2.81. The molecule has 3 aromatic carbocycles. The number of benzene rings is 3. The number of hydrogen-bond acceptors (Lipinski definition) is 5. The number of phenolic OH excluding ortho intramolecular Hbond substituents is 2. The molecular formula is C20H17IN2O4. The van der Waals surface area contributed by atoms with Crippen LogP contribution in [-0.4, -0.2) is 28.9 Å². The molecule has 0 heterocycles. The fraction of sp³-hybridized carbons (Fsp3) is 0.100. The van der Waals surface area contributed by atoms with Crippen LogP contribution in [0.15, 0.2) is 53.6 Å². The summed E-state index contributed by atoms with van der Waals surface area (Å²) in [7, 11) is 0. The highest BCUT2D eigenvalue weighted by Crippen LogP contribution is 2.32. The van der Waals surface area contributed by atoms with E-state index in [1.807, 2.05) is 53.8 Å². The first-order valence-corrected chi connectivity index (χ1v) is 9.28. The zero-order valence-corrected chi connectivity index (χ0v) is 16.6. The van der Waals surface area contributed by atoms with Gasteiger partial charge < -0.3 is 14.9 Å². The molecule has 27 heavy (non-hydrogen) atoms. The van der Waals surface area contributed by atoms with Crippen LogP contribution in [0.25, 0.3) is 10.8 Å². The zero-order valence-electron chi connectivity index (χ0n) is 14.4. The Morgan fingerprint density at radius 3 is 2.59 bits per heavy atom. The lowest BCUT2D eigenvalue weighted by Crippen LogP contribution is -2.17. The molecular weight excluding hydrogens is 459 g/mol. The van der Waals surface area contributed by atoms with Crippen LogP contribution in [0.5, 0.6) is 17.2 Å². The van der Waals surface area contributed by atoms with Crippen molar-refractivity contribution in [3.05, 3.63) is 63.2 Å². The van der Waals surface area contributed by atoms with Crippen molar-refractivity contribution in [1.82, 2.24) is 5.43 Å². The van der Waals surface area contributed by atoms with Crippen LogP contribution in [0.2, 0.25) is 0 Å². The van der Waals surface area contributed by atoms with Gasteiger partial charge in [-0.2, -0.15) is 5.10 Å². The molecule has 0 saturated carbocycles. The summed E-state index contributed by atoms with van der Waals surface area (Å²) in [5.41, 5.74) is 3.20. The van der Waals surface area contributed by atoms with Gasteiger partial charge in [0.15, 0.2) is 11.5 Å². The van der Waals surface area contributed by atoms with Crippen LogP contribution in [0.3, 0.4) is 0 Å². The van der Waals surface area contributed by atoms with Crippen LogP contribution in [-0.2, 0) is 0 Å². The molecule has 138 valence electrons. The number of rotatable bonds is 5.